The van der Waals surface area contributed by atoms with Gasteiger partial charge in [-0.15, -0.1) is 0 Å². The smallest absolute Gasteiger partial charge is 0.407 e. The zero-order chi connectivity index (χ0) is 27.1. The van der Waals surface area contributed by atoms with E-state index in [2.05, 4.69) is 32.8 Å². The zero-order valence-electron chi connectivity index (χ0n) is 21.0. The third kappa shape index (κ3) is 6.11. The van der Waals surface area contributed by atoms with Crippen molar-refractivity contribution in [1.82, 2.24) is 5.32 Å². The van der Waals surface area contributed by atoms with Gasteiger partial charge in [0.2, 0.25) is 5.91 Å². The van der Waals surface area contributed by atoms with Gasteiger partial charge in [-0.05, 0) is 59.3 Å². The van der Waals surface area contributed by atoms with Gasteiger partial charge in [0.15, 0.2) is 0 Å². The topological polar surface area (TPSA) is 142 Å². The Labute approximate surface area is 219 Å². The maximum Gasteiger partial charge on any atom is 0.407 e. The normalized spacial score (nSPS) is 13.2. The van der Waals surface area contributed by atoms with Crippen LogP contribution in [0.3, 0.4) is 0 Å². The van der Waals surface area contributed by atoms with E-state index < -0.39 is 30.1 Å². The second-order valence-electron chi connectivity index (χ2n) is 8.87. The Kier molecular flexibility index (Phi) is 8.25. The van der Waals surface area contributed by atoms with E-state index in [1.165, 1.54) is 13.8 Å². The maximum atomic E-state index is 12.4. The molecule has 0 unspecified atom stereocenters. The van der Waals surface area contributed by atoms with E-state index in [-0.39, 0.29) is 19.1 Å². The second-order valence-corrected chi connectivity index (χ2v) is 8.87. The molecule has 0 saturated heterocycles. The Balaban J connectivity index is 1.24. The minimum atomic E-state index is -0.911. The average Bonchev–Trinajstić information content (AvgIpc) is 3.25. The first kappa shape index (κ1) is 26.2. The molecule has 0 heterocycles. The summed E-state index contributed by atoms with van der Waals surface area (Å²) in [6.07, 6.45) is -0.702. The number of rotatable bonds is 9. The van der Waals surface area contributed by atoms with Crippen LogP contribution in [0, 0.1) is 0 Å². The number of anilines is 1. The highest BCUT2D eigenvalue weighted by Crippen LogP contribution is 2.44. The molecule has 2 atom stereocenters. The van der Waals surface area contributed by atoms with Crippen LogP contribution in [0.25, 0.3) is 21.6 Å². The highest BCUT2D eigenvalue weighted by Gasteiger charge is 2.29. The second kappa shape index (κ2) is 11.9. The van der Waals surface area contributed by atoms with Crippen LogP contribution in [0.1, 0.15) is 36.5 Å². The summed E-state index contributed by atoms with van der Waals surface area (Å²) in [6.45, 7) is 3.14. The van der Waals surface area contributed by atoms with Crippen LogP contribution in [0.5, 0.6) is 0 Å². The van der Waals surface area contributed by atoms with E-state index in [4.69, 9.17) is 15.0 Å². The largest absolute Gasteiger partial charge is 0.459 e. The molecular formula is C28H27N5O5. The molecule has 3 aromatic carbocycles. The number of hydrogen-bond donors (Lipinski definition) is 2. The predicted octanol–water partition coefficient (Wildman–Crippen LogP) is 5.29. The molecule has 4 rings (SSSR count). The predicted molar refractivity (Wildman–Crippen MR) is 141 cm³/mol. The molecule has 3 aromatic rings. The third-order valence-electron chi connectivity index (χ3n) is 6.24. The lowest BCUT2D eigenvalue weighted by Gasteiger charge is -2.17. The van der Waals surface area contributed by atoms with Crippen LogP contribution in [0.4, 0.5) is 10.5 Å². The fraction of sp³-hybridized carbons (Fsp3) is 0.250. The summed E-state index contributed by atoms with van der Waals surface area (Å²) in [5.74, 6) is -1.13. The third-order valence-corrected chi connectivity index (χ3v) is 6.24. The van der Waals surface area contributed by atoms with Crippen molar-refractivity contribution in [2.45, 2.75) is 38.5 Å². The van der Waals surface area contributed by atoms with Gasteiger partial charge in [0, 0.05) is 16.5 Å². The van der Waals surface area contributed by atoms with Crippen LogP contribution in [0.2, 0.25) is 0 Å². The molecule has 0 saturated carbocycles. The van der Waals surface area contributed by atoms with E-state index >= 15 is 0 Å². The molecule has 38 heavy (non-hydrogen) atoms. The number of esters is 1. The Bertz CT molecular complexity index is 1340. The van der Waals surface area contributed by atoms with Crippen molar-refractivity contribution in [3.8, 4) is 11.1 Å². The minimum Gasteiger partial charge on any atom is -0.459 e. The molecule has 1 aliphatic rings. The SMILES string of the molecule is C[C@H](N=[N+]=[N-])C(=O)Nc1ccc(COC(=O)[C@H](C)NC(=O)OCC2c3ccccc3-c3ccccc32)cc1. The number of carbonyl (C=O) groups is 3. The lowest BCUT2D eigenvalue weighted by Crippen LogP contribution is -2.40. The van der Waals surface area contributed by atoms with Crippen LogP contribution in [0.15, 0.2) is 77.9 Å². The van der Waals surface area contributed by atoms with Crippen molar-refractivity contribution < 1.29 is 23.9 Å². The lowest BCUT2D eigenvalue weighted by atomic mass is 9.98. The number of hydrogen-bond acceptors (Lipinski definition) is 6. The van der Waals surface area contributed by atoms with E-state index in [0.29, 0.717) is 11.3 Å². The zero-order valence-corrected chi connectivity index (χ0v) is 21.0. The monoisotopic (exact) mass is 513 g/mol. The van der Waals surface area contributed by atoms with Crippen molar-refractivity contribution in [2.24, 2.45) is 5.11 Å². The first-order chi connectivity index (χ1) is 18.4. The number of benzene rings is 3. The number of ether oxygens (including phenoxy) is 2. The number of amides is 2. The van der Waals surface area contributed by atoms with Gasteiger partial charge in [-0.25, -0.2) is 9.59 Å². The van der Waals surface area contributed by atoms with Crippen molar-refractivity contribution in [1.29, 1.82) is 0 Å². The van der Waals surface area contributed by atoms with Gasteiger partial charge in [-0.1, -0.05) is 65.8 Å². The van der Waals surface area contributed by atoms with E-state index in [1.54, 1.807) is 24.3 Å². The van der Waals surface area contributed by atoms with Gasteiger partial charge in [0.25, 0.3) is 0 Å². The number of nitrogens with one attached hydrogen (secondary N) is 2. The molecule has 10 nitrogen and oxygen atoms in total. The fourth-order valence-electron chi connectivity index (χ4n) is 4.22. The summed E-state index contributed by atoms with van der Waals surface area (Å²) in [5.41, 5.74) is 14.1. The Hall–Kier alpha value is -4.82. The highest BCUT2D eigenvalue weighted by molar-refractivity contribution is 5.94. The van der Waals surface area contributed by atoms with Crippen LogP contribution < -0.4 is 10.6 Å². The molecule has 2 N–H and O–H groups in total. The van der Waals surface area contributed by atoms with Crippen molar-refractivity contribution in [3.05, 3.63) is 99.9 Å². The Morgan fingerprint density at radius 1 is 0.921 bits per heavy atom. The summed E-state index contributed by atoms with van der Waals surface area (Å²) >= 11 is 0. The summed E-state index contributed by atoms with van der Waals surface area (Å²) in [5, 5.41) is 8.50. The number of alkyl carbamates (subject to hydrolysis) is 1. The van der Waals surface area contributed by atoms with Crippen molar-refractivity contribution in [2.75, 3.05) is 11.9 Å². The molecule has 0 bridgehead atoms. The van der Waals surface area contributed by atoms with Gasteiger partial charge in [-0.2, -0.15) is 0 Å². The molecule has 0 spiro atoms. The summed E-state index contributed by atoms with van der Waals surface area (Å²) in [4.78, 5) is 39.3. The van der Waals surface area contributed by atoms with E-state index in [0.717, 1.165) is 22.3 Å². The summed E-state index contributed by atoms with van der Waals surface area (Å²) in [7, 11) is 0. The Morgan fingerprint density at radius 3 is 2.13 bits per heavy atom. The van der Waals surface area contributed by atoms with Gasteiger partial charge >= 0.3 is 12.1 Å². The maximum absolute atomic E-state index is 12.4. The Morgan fingerprint density at radius 2 is 1.53 bits per heavy atom. The number of carbonyl (C=O) groups excluding carboxylic acids is 3. The van der Waals surface area contributed by atoms with Gasteiger partial charge < -0.3 is 20.1 Å². The minimum absolute atomic E-state index is 0.0150. The molecular weight excluding hydrogens is 486 g/mol. The fourth-order valence-corrected chi connectivity index (χ4v) is 4.22. The van der Waals surface area contributed by atoms with Gasteiger partial charge in [0.05, 0.1) is 0 Å². The molecule has 0 fully saturated rings. The molecule has 0 aliphatic heterocycles. The highest BCUT2D eigenvalue weighted by atomic mass is 16.6. The lowest BCUT2D eigenvalue weighted by molar-refractivity contribution is -0.146. The molecule has 1 aliphatic carbocycles. The molecule has 2 amide bonds. The number of azide groups is 1. The first-order valence-electron chi connectivity index (χ1n) is 12.1. The number of nitrogens with zero attached hydrogens (tertiary/aromatic N) is 3. The molecule has 0 radical (unpaired) electrons. The standard InChI is InChI=1S/C28H27N5O5/c1-17(32-33-29)26(34)31-20-13-11-19(12-14-20)15-37-27(35)18(2)30-28(36)38-16-25-23-9-5-3-7-21(23)22-8-4-6-10-24(22)25/h3-14,17-18,25H,15-16H2,1-2H3,(H,30,36)(H,31,34)/t17-,18-/m0/s1. The van der Waals surface area contributed by atoms with Crippen LogP contribution >= 0.6 is 0 Å². The molecule has 0 aromatic heterocycles. The van der Waals surface area contributed by atoms with Gasteiger partial charge in [0.1, 0.15) is 25.3 Å². The van der Waals surface area contributed by atoms with Crippen LogP contribution in [-0.4, -0.2) is 36.7 Å². The van der Waals surface area contributed by atoms with Crippen molar-refractivity contribution in [3.63, 3.8) is 0 Å². The van der Waals surface area contributed by atoms with E-state index in [1.807, 2.05) is 36.4 Å². The quantitative estimate of drug-likeness (QED) is 0.173. The summed E-state index contributed by atoms with van der Waals surface area (Å²) < 4.78 is 10.8. The van der Waals surface area contributed by atoms with Crippen LogP contribution in [-0.2, 0) is 25.7 Å². The van der Waals surface area contributed by atoms with E-state index in [9.17, 15) is 14.4 Å². The first-order valence-corrected chi connectivity index (χ1v) is 12.1. The van der Waals surface area contributed by atoms with Gasteiger partial charge in [-0.3, -0.25) is 4.79 Å². The molecule has 10 heteroatoms. The molecule has 194 valence electrons. The average molecular weight is 514 g/mol. The summed E-state index contributed by atoms with van der Waals surface area (Å²) in [6, 6.07) is 21.0. The number of fused-ring (bicyclic) bond motifs is 3. The van der Waals surface area contributed by atoms with Crippen molar-refractivity contribution >= 4 is 23.7 Å².